The summed E-state index contributed by atoms with van der Waals surface area (Å²) < 4.78 is 18.2. The quantitative estimate of drug-likeness (QED) is 0.741. The lowest BCUT2D eigenvalue weighted by Crippen LogP contribution is -2.03. The van der Waals surface area contributed by atoms with Crippen LogP contribution in [0.5, 0.6) is 0 Å². The Kier molecular flexibility index (Phi) is 3.93. The molecule has 3 aromatic rings. The molecule has 0 atom stereocenters. The lowest BCUT2D eigenvalue weighted by molar-refractivity contribution is 0.269. The largest absolute Gasteiger partial charge is 0.411 e. The molecule has 0 saturated carbocycles. The van der Waals surface area contributed by atoms with Crippen molar-refractivity contribution in [1.29, 1.82) is 0 Å². The molecule has 0 aliphatic carbocycles. The summed E-state index contributed by atoms with van der Waals surface area (Å²) in [4.78, 5) is 15.6. The van der Waals surface area contributed by atoms with E-state index in [1.165, 1.54) is 35.6 Å². The Labute approximate surface area is 126 Å². The molecule has 3 rings (SSSR count). The zero-order valence-electron chi connectivity index (χ0n) is 10.3. The molecule has 0 fully saturated rings. The van der Waals surface area contributed by atoms with E-state index in [4.69, 9.17) is 4.42 Å². The molecule has 0 radical (unpaired) electrons. The average Bonchev–Trinajstić information content (AvgIpc) is 3.11. The Balaban J connectivity index is 1.67. The number of benzene rings is 1. The van der Waals surface area contributed by atoms with Gasteiger partial charge in [0.15, 0.2) is 5.13 Å². The fraction of sp³-hybridized carbons (Fsp3) is 0. The first-order chi connectivity index (χ1) is 10.2. The maximum atomic E-state index is 12.8. The van der Waals surface area contributed by atoms with Gasteiger partial charge in [0.05, 0.1) is 0 Å². The molecule has 0 aliphatic heterocycles. The fourth-order valence-corrected chi connectivity index (χ4v) is 2.53. The summed E-state index contributed by atoms with van der Waals surface area (Å²) >= 11 is 2.07. The molecule has 9 heteroatoms. The minimum Gasteiger partial charge on any atom is -0.411 e. The number of rotatable bonds is 3. The number of hydrogen-bond acceptors (Lipinski definition) is 7. The Hall–Kier alpha value is -2.26. The summed E-state index contributed by atoms with van der Waals surface area (Å²) in [7, 11) is 0. The number of thioether (sulfide) groups is 1. The van der Waals surface area contributed by atoms with Crippen LogP contribution in [0.4, 0.5) is 14.3 Å². The number of nitrogens with one attached hydrogen (secondary N) is 1. The summed E-state index contributed by atoms with van der Waals surface area (Å²) in [6.07, 6.45) is 1.59. The Morgan fingerprint density at radius 2 is 2.10 bits per heavy atom. The van der Waals surface area contributed by atoms with Gasteiger partial charge >= 0.3 is 0 Å². The van der Waals surface area contributed by atoms with Crippen LogP contribution in [0, 0.1) is 5.82 Å². The highest BCUT2D eigenvalue weighted by atomic mass is 32.2. The van der Waals surface area contributed by atoms with Crippen LogP contribution in [0.3, 0.4) is 0 Å². The highest BCUT2D eigenvalue weighted by molar-refractivity contribution is 8.13. The molecule has 2 aromatic heterocycles. The third-order valence-corrected chi connectivity index (χ3v) is 3.63. The van der Waals surface area contributed by atoms with Crippen LogP contribution in [0.2, 0.25) is 0 Å². The van der Waals surface area contributed by atoms with E-state index in [0.717, 1.165) is 11.8 Å². The molecule has 0 bridgehead atoms. The maximum absolute atomic E-state index is 12.8. The third-order valence-electron chi connectivity index (χ3n) is 2.32. The number of amides is 1. The molecule has 0 saturated heterocycles. The molecule has 1 N–H and O–H groups in total. The predicted molar refractivity (Wildman–Crippen MR) is 76.7 cm³/mol. The molecule has 0 spiro atoms. The van der Waals surface area contributed by atoms with E-state index in [-0.39, 0.29) is 22.2 Å². The van der Waals surface area contributed by atoms with Crippen molar-refractivity contribution in [3.8, 4) is 11.5 Å². The van der Waals surface area contributed by atoms with Gasteiger partial charge in [0.2, 0.25) is 5.89 Å². The number of nitrogens with zero attached hydrogens (tertiary/aromatic N) is 3. The van der Waals surface area contributed by atoms with Crippen LogP contribution in [0.1, 0.15) is 0 Å². The normalized spacial score (nSPS) is 10.5. The summed E-state index contributed by atoms with van der Waals surface area (Å²) in [5.74, 6) is -0.129. The van der Waals surface area contributed by atoms with E-state index < -0.39 is 0 Å². The van der Waals surface area contributed by atoms with Crippen molar-refractivity contribution in [3.63, 3.8) is 0 Å². The molecular weight excluding hydrogens is 315 g/mol. The Bertz CT molecular complexity index is 743. The van der Waals surface area contributed by atoms with Crippen molar-refractivity contribution in [1.82, 2.24) is 15.2 Å². The van der Waals surface area contributed by atoms with Gasteiger partial charge in [-0.2, -0.15) is 0 Å². The minimum atomic E-state index is -0.376. The van der Waals surface area contributed by atoms with E-state index in [0.29, 0.717) is 10.7 Å². The highest BCUT2D eigenvalue weighted by Gasteiger charge is 2.14. The summed E-state index contributed by atoms with van der Waals surface area (Å²) in [6, 6.07) is 5.63. The summed E-state index contributed by atoms with van der Waals surface area (Å²) in [5.41, 5.74) is 0.580. The molecule has 2 heterocycles. The Morgan fingerprint density at radius 1 is 1.29 bits per heavy atom. The second-order valence-corrected chi connectivity index (χ2v) is 5.55. The SMILES string of the molecule is O=C(Nc1nccs1)Sc1nnc(-c2ccc(F)cc2)o1. The molecular formula is C12H7FN4O2S2. The van der Waals surface area contributed by atoms with Crippen molar-refractivity contribution in [2.24, 2.45) is 0 Å². The monoisotopic (exact) mass is 322 g/mol. The van der Waals surface area contributed by atoms with Gasteiger partial charge in [-0.1, -0.05) is 0 Å². The van der Waals surface area contributed by atoms with Crippen molar-refractivity contribution >= 4 is 33.5 Å². The van der Waals surface area contributed by atoms with Gasteiger partial charge < -0.3 is 4.42 Å². The number of thiazole rings is 1. The fourth-order valence-electron chi connectivity index (χ4n) is 1.44. The molecule has 1 amide bonds. The van der Waals surface area contributed by atoms with Gasteiger partial charge in [-0.3, -0.25) is 10.1 Å². The van der Waals surface area contributed by atoms with Crippen LogP contribution >= 0.6 is 23.1 Å². The first-order valence-electron chi connectivity index (χ1n) is 5.68. The molecule has 21 heavy (non-hydrogen) atoms. The summed E-state index contributed by atoms with van der Waals surface area (Å²) in [5, 5.41) is 12.1. The van der Waals surface area contributed by atoms with Gasteiger partial charge in [-0.15, -0.1) is 21.5 Å². The van der Waals surface area contributed by atoms with Gasteiger partial charge in [0, 0.05) is 28.9 Å². The van der Waals surface area contributed by atoms with Crippen molar-refractivity contribution < 1.29 is 13.6 Å². The second-order valence-electron chi connectivity index (χ2n) is 3.73. The molecule has 0 unspecified atom stereocenters. The van der Waals surface area contributed by atoms with E-state index in [2.05, 4.69) is 20.5 Å². The van der Waals surface area contributed by atoms with Crippen LogP contribution in [-0.4, -0.2) is 20.4 Å². The predicted octanol–water partition coefficient (Wildman–Crippen LogP) is 3.66. The van der Waals surface area contributed by atoms with Crippen molar-refractivity contribution in [2.45, 2.75) is 5.22 Å². The van der Waals surface area contributed by atoms with Crippen LogP contribution < -0.4 is 5.32 Å². The second kappa shape index (κ2) is 6.02. The topological polar surface area (TPSA) is 80.9 Å². The summed E-state index contributed by atoms with van der Waals surface area (Å²) in [6.45, 7) is 0. The zero-order valence-corrected chi connectivity index (χ0v) is 11.9. The van der Waals surface area contributed by atoms with E-state index in [9.17, 15) is 9.18 Å². The first kappa shape index (κ1) is 13.7. The van der Waals surface area contributed by atoms with Gasteiger partial charge in [-0.05, 0) is 24.3 Å². The van der Waals surface area contributed by atoms with E-state index in [1.807, 2.05) is 0 Å². The van der Waals surface area contributed by atoms with Crippen LogP contribution in [0.15, 0.2) is 45.5 Å². The molecule has 0 aliphatic rings. The molecule has 106 valence electrons. The lowest BCUT2D eigenvalue weighted by atomic mass is 10.2. The number of anilines is 1. The standard InChI is InChI=1S/C12H7FN4O2S2/c13-8-3-1-7(2-4-8)9-16-17-12(19-9)21-11(18)15-10-14-5-6-20-10/h1-6H,(H,14,15,18). The number of carbonyl (C=O) groups is 1. The smallest absolute Gasteiger partial charge is 0.294 e. The van der Waals surface area contributed by atoms with Crippen LogP contribution in [0.25, 0.3) is 11.5 Å². The van der Waals surface area contributed by atoms with Crippen LogP contribution in [-0.2, 0) is 0 Å². The van der Waals surface area contributed by atoms with Gasteiger partial charge in [0.25, 0.3) is 10.5 Å². The first-order valence-corrected chi connectivity index (χ1v) is 7.38. The number of aromatic nitrogens is 3. The van der Waals surface area contributed by atoms with Gasteiger partial charge in [0.1, 0.15) is 5.82 Å². The zero-order chi connectivity index (χ0) is 14.7. The number of hydrogen-bond donors (Lipinski definition) is 1. The minimum absolute atomic E-state index is 0.100. The molecule has 1 aromatic carbocycles. The molecule has 6 nitrogen and oxygen atoms in total. The maximum Gasteiger partial charge on any atom is 0.294 e. The lowest BCUT2D eigenvalue weighted by Gasteiger charge is -1.96. The third kappa shape index (κ3) is 3.44. The van der Waals surface area contributed by atoms with Crippen molar-refractivity contribution in [3.05, 3.63) is 41.7 Å². The number of halogens is 1. The average molecular weight is 322 g/mol. The van der Waals surface area contributed by atoms with Gasteiger partial charge in [-0.25, -0.2) is 9.37 Å². The van der Waals surface area contributed by atoms with Crippen molar-refractivity contribution in [2.75, 3.05) is 5.32 Å². The van der Waals surface area contributed by atoms with E-state index >= 15 is 0 Å². The van der Waals surface area contributed by atoms with E-state index in [1.54, 1.807) is 11.6 Å². The Morgan fingerprint density at radius 3 is 2.81 bits per heavy atom. The number of carbonyl (C=O) groups excluding carboxylic acids is 1. The highest BCUT2D eigenvalue weighted by Crippen LogP contribution is 2.25.